The summed E-state index contributed by atoms with van der Waals surface area (Å²) in [6.45, 7) is 6.88. The summed E-state index contributed by atoms with van der Waals surface area (Å²) in [5, 5.41) is 3.60. The van der Waals surface area contributed by atoms with E-state index in [1.165, 1.54) is 17.0 Å². The molecule has 0 saturated carbocycles. The van der Waals surface area contributed by atoms with Crippen molar-refractivity contribution in [2.45, 2.75) is 57.6 Å². The minimum atomic E-state index is -4.18. The fourth-order valence-electron chi connectivity index (χ4n) is 5.11. The van der Waals surface area contributed by atoms with Crippen LogP contribution in [0.1, 0.15) is 36.1 Å². The molecule has 10 heteroatoms. The number of carbonyl (C=O) groups excluding carboxylic acids is 2. The van der Waals surface area contributed by atoms with Crippen molar-refractivity contribution in [2.75, 3.05) is 10.8 Å². The van der Waals surface area contributed by atoms with Crippen molar-refractivity contribution < 1.29 is 18.0 Å². The van der Waals surface area contributed by atoms with E-state index in [2.05, 4.69) is 5.32 Å². The van der Waals surface area contributed by atoms with E-state index in [0.717, 1.165) is 21.0 Å². The topological polar surface area (TPSA) is 86.8 Å². The lowest BCUT2D eigenvalue weighted by Gasteiger charge is -2.34. The number of rotatable bonds is 12. The Kier molecular flexibility index (Phi) is 11.3. The molecule has 0 aliphatic carbocycles. The lowest BCUT2D eigenvalue weighted by atomic mass is 10.0. The average Bonchev–Trinajstić information content (AvgIpc) is 2.99. The van der Waals surface area contributed by atoms with Crippen LogP contribution in [-0.4, -0.2) is 43.8 Å². The van der Waals surface area contributed by atoms with E-state index in [9.17, 15) is 18.0 Å². The number of nitrogens with one attached hydrogen (secondary N) is 1. The second-order valence-corrected chi connectivity index (χ2v) is 14.0. The van der Waals surface area contributed by atoms with Gasteiger partial charge in [0.25, 0.3) is 10.0 Å². The number of anilines is 1. The minimum Gasteiger partial charge on any atom is -0.352 e. The van der Waals surface area contributed by atoms with Crippen molar-refractivity contribution in [3.8, 4) is 0 Å². The number of benzene rings is 4. The average molecular weight is 667 g/mol. The first kappa shape index (κ1) is 34.0. The van der Waals surface area contributed by atoms with Gasteiger partial charge < -0.3 is 10.2 Å². The van der Waals surface area contributed by atoms with E-state index in [1.807, 2.05) is 64.1 Å². The molecule has 0 aromatic heterocycles. The van der Waals surface area contributed by atoms with Gasteiger partial charge in [-0.15, -0.1) is 0 Å². The summed E-state index contributed by atoms with van der Waals surface area (Å²) < 4.78 is 29.4. The van der Waals surface area contributed by atoms with Crippen LogP contribution in [0, 0.1) is 13.8 Å². The van der Waals surface area contributed by atoms with Crippen molar-refractivity contribution >= 4 is 50.7 Å². The van der Waals surface area contributed by atoms with E-state index in [4.69, 9.17) is 23.2 Å². The highest BCUT2D eigenvalue weighted by Crippen LogP contribution is 2.28. The van der Waals surface area contributed by atoms with Gasteiger partial charge in [0, 0.05) is 19.0 Å². The Bertz CT molecular complexity index is 1730. The van der Waals surface area contributed by atoms with E-state index >= 15 is 0 Å². The second kappa shape index (κ2) is 15.0. The van der Waals surface area contributed by atoms with E-state index in [1.54, 1.807) is 48.5 Å². The molecule has 2 amide bonds. The Balaban J connectivity index is 1.84. The number of hydrogen-bond donors (Lipinski definition) is 1. The lowest BCUT2D eigenvalue weighted by molar-refractivity contribution is -0.140. The molecule has 4 rings (SSSR count). The Morgan fingerprint density at radius 2 is 1.38 bits per heavy atom. The van der Waals surface area contributed by atoms with E-state index in [0.29, 0.717) is 21.3 Å². The molecular weight excluding hydrogens is 629 g/mol. The van der Waals surface area contributed by atoms with Gasteiger partial charge in [-0.2, -0.15) is 0 Å². The highest BCUT2D eigenvalue weighted by atomic mass is 35.5. The second-order valence-electron chi connectivity index (χ2n) is 11.3. The molecule has 45 heavy (non-hydrogen) atoms. The first-order valence-electron chi connectivity index (χ1n) is 14.6. The molecule has 0 radical (unpaired) electrons. The van der Waals surface area contributed by atoms with Crippen molar-refractivity contribution in [3.05, 3.63) is 129 Å². The zero-order valence-corrected chi connectivity index (χ0v) is 28.0. The van der Waals surface area contributed by atoms with Crippen LogP contribution in [0.5, 0.6) is 0 Å². The van der Waals surface area contributed by atoms with Crippen LogP contribution in [0.2, 0.25) is 10.0 Å². The van der Waals surface area contributed by atoms with Gasteiger partial charge in [0.15, 0.2) is 0 Å². The standard InChI is InChI=1S/C35H37Cl2N3O4S/c1-24(2)38-35(42)33(21-27-11-7-5-8-12-27)39(22-28-15-16-31(36)32(37)20-28)34(41)23-40(29-18-25(3)17-26(4)19-29)45(43,44)30-13-9-6-10-14-30/h5-20,24,33H,21-23H2,1-4H3,(H,38,42)/t33-/m0/s1. The van der Waals surface area contributed by atoms with Gasteiger partial charge in [0.05, 0.1) is 20.6 Å². The fourth-order valence-corrected chi connectivity index (χ4v) is 6.85. The highest BCUT2D eigenvalue weighted by Gasteiger charge is 2.35. The molecule has 0 unspecified atom stereocenters. The molecule has 4 aromatic carbocycles. The number of sulfonamides is 1. The maximum Gasteiger partial charge on any atom is 0.264 e. The quantitative estimate of drug-likeness (QED) is 0.177. The third-order valence-electron chi connectivity index (χ3n) is 7.14. The van der Waals surface area contributed by atoms with Crippen LogP contribution < -0.4 is 9.62 Å². The van der Waals surface area contributed by atoms with Crippen molar-refractivity contribution in [1.29, 1.82) is 0 Å². The summed E-state index contributed by atoms with van der Waals surface area (Å²) >= 11 is 12.5. The number of amides is 2. The zero-order chi connectivity index (χ0) is 32.7. The summed E-state index contributed by atoms with van der Waals surface area (Å²) in [7, 11) is -4.18. The summed E-state index contributed by atoms with van der Waals surface area (Å²) in [5.74, 6) is -0.911. The molecule has 0 saturated heterocycles. The first-order chi connectivity index (χ1) is 21.3. The molecule has 0 bridgehead atoms. The van der Waals surface area contributed by atoms with Gasteiger partial charge in [0.1, 0.15) is 12.6 Å². The van der Waals surface area contributed by atoms with Gasteiger partial charge in [-0.25, -0.2) is 8.42 Å². The van der Waals surface area contributed by atoms with Gasteiger partial charge >= 0.3 is 0 Å². The first-order valence-corrected chi connectivity index (χ1v) is 16.8. The number of halogens is 2. The van der Waals surface area contributed by atoms with Gasteiger partial charge in [0.2, 0.25) is 11.8 Å². The molecule has 1 N–H and O–H groups in total. The summed E-state index contributed by atoms with van der Waals surface area (Å²) in [6.07, 6.45) is 0.210. The molecule has 0 spiro atoms. The third kappa shape index (κ3) is 8.87. The van der Waals surface area contributed by atoms with Crippen LogP contribution in [0.25, 0.3) is 0 Å². The lowest BCUT2D eigenvalue weighted by Crippen LogP contribution is -2.54. The van der Waals surface area contributed by atoms with Crippen molar-refractivity contribution in [1.82, 2.24) is 10.2 Å². The van der Waals surface area contributed by atoms with Gasteiger partial charge in [-0.3, -0.25) is 13.9 Å². The number of nitrogens with zero attached hydrogens (tertiary/aromatic N) is 2. The smallest absolute Gasteiger partial charge is 0.264 e. The molecule has 7 nitrogen and oxygen atoms in total. The highest BCUT2D eigenvalue weighted by molar-refractivity contribution is 7.92. The van der Waals surface area contributed by atoms with Gasteiger partial charge in [-0.1, -0.05) is 83.9 Å². The fraction of sp³-hybridized carbons (Fsp3) is 0.257. The van der Waals surface area contributed by atoms with Crippen LogP contribution in [0.3, 0.4) is 0 Å². The van der Waals surface area contributed by atoms with E-state index < -0.39 is 28.5 Å². The van der Waals surface area contributed by atoms with E-state index in [-0.39, 0.29) is 29.8 Å². The SMILES string of the molecule is Cc1cc(C)cc(N(CC(=O)N(Cc2ccc(Cl)c(Cl)c2)[C@@H](Cc2ccccc2)C(=O)NC(C)C)S(=O)(=O)c2ccccc2)c1. The predicted molar refractivity (Wildman–Crippen MR) is 181 cm³/mol. The Morgan fingerprint density at radius 1 is 0.778 bits per heavy atom. The number of carbonyl (C=O) groups is 2. The molecule has 1 atom stereocenters. The Labute approximate surface area is 275 Å². The van der Waals surface area contributed by atoms with Gasteiger partial charge in [-0.05, 0) is 86.3 Å². The molecular formula is C35H37Cl2N3O4S. The molecule has 0 aliphatic heterocycles. The molecule has 4 aromatic rings. The normalized spacial score (nSPS) is 12.1. The van der Waals surface area contributed by atoms with Crippen LogP contribution in [-0.2, 0) is 32.6 Å². The summed E-state index contributed by atoms with van der Waals surface area (Å²) in [4.78, 5) is 29.8. The van der Waals surface area contributed by atoms with Crippen LogP contribution in [0.4, 0.5) is 5.69 Å². The maximum absolute atomic E-state index is 14.5. The van der Waals surface area contributed by atoms with Crippen molar-refractivity contribution in [2.24, 2.45) is 0 Å². The van der Waals surface area contributed by atoms with Crippen LogP contribution in [0.15, 0.2) is 102 Å². The zero-order valence-electron chi connectivity index (χ0n) is 25.7. The Hall–Kier alpha value is -3.85. The Morgan fingerprint density at radius 3 is 1.96 bits per heavy atom. The molecule has 0 fully saturated rings. The maximum atomic E-state index is 14.5. The largest absolute Gasteiger partial charge is 0.352 e. The molecule has 0 heterocycles. The number of aryl methyl sites for hydroxylation is 2. The van der Waals surface area contributed by atoms with Crippen molar-refractivity contribution in [3.63, 3.8) is 0 Å². The monoisotopic (exact) mass is 665 g/mol. The van der Waals surface area contributed by atoms with Crippen LogP contribution >= 0.6 is 23.2 Å². The summed E-state index contributed by atoms with van der Waals surface area (Å²) in [5.41, 5.74) is 3.52. The number of hydrogen-bond acceptors (Lipinski definition) is 4. The predicted octanol–water partition coefficient (Wildman–Crippen LogP) is 6.97. The molecule has 236 valence electrons. The molecule has 0 aliphatic rings. The third-order valence-corrected chi connectivity index (χ3v) is 9.67. The minimum absolute atomic E-state index is 0.00912. The summed E-state index contributed by atoms with van der Waals surface area (Å²) in [6, 6.07) is 26.6.